The smallest absolute Gasteiger partial charge is 0.240 e. The number of rotatable bonds is 6. The molecule has 1 N–H and O–H groups in total. The van der Waals surface area contributed by atoms with Crippen molar-refractivity contribution in [3.05, 3.63) is 35.9 Å². The number of ether oxygens (including phenoxy) is 1. The summed E-state index contributed by atoms with van der Waals surface area (Å²) in [5.74, 6) is 0.117. The van der Waals surface area contributed by atoms with Gasteiger partial charge in [-0.2, -0.15) is 0 Å². The summed E-state index contributed by atoms with van der Waals surface area (Å²) in [6, 6.07) is 10.4. The SMILES string of the molecule is O=C(C(Sc1nnc(NC2CC2)s1)c1ccccc1)N1CCOCC1. The second kappa shape index (κ2) is 7.72. The first-order valence-electron chi connectivity index (χ1n) is 8.48. The molecule has 1 amide bonds. The molecule has 1 unspecified atom stereocenters. The third-order valence-corrected chi connectivity index (χ3v) is 6.36. The lowest BCUT2D eigenvalue weighted by molar-refractivity contribution is -0.134. The van der Waals surface area contributed by atoms with E-state index in [1.165, 1.54) is 35.9 Å². The summed E-state index contributed by atoms with van der Waals surface area (Å²) in [5.41, 5.74) is 0.996. The molecule has 1 aromatic heterocycles. The van der Waals surface area contributed by atoms with E-state index in [-0.39, 0.29) is 11.2 Å². The molecule has 0 bridgehead atoms. The van der Waals surface area contributed by atoms with Gasteiger partial charge >= 0.3 is 0 Å². The highest BCUT2D eigenvalue weighted by atomic mass is 32.2. The van der Waals surface area contributed by atoms with Crippen LogP contribution in [0.5, 0.6) is 0 Å². The van der Waals surface area contributed by atoms with Crippen molar-refractivity contribution in [2.24, 2.45) is 0 Å². The highest BCUT2D eigenvalue weighted by molar-refractivity contribution is 8.01. The Morgan fingerprint density at radius 2 is 2.00 bits per heavy atom. The second-order valence-electron chi connectivity index (χ2n) is 6.14. The van der Waals surface area contributed by atoms with Gasteiger partial charge < -0.3 is 15.0 Å². The maximum atomic E-state index is 13.1. The number of thioether (sulfide) groups is 1. The zero-order valence-electron chi connectivity index (χ0n) is 13.8. The number of amides is 1. The van der Waals surface area contributed by atoms with Crippen molar-refractivity contribution in [3.8, 4) is 0 Å². The van der Waals surface area contributed by atoms with Gasteiger partial charge in [-0.1, -0.05) is 53.4 Å². The summed E-state index contributed by atoms with van der Waals surface area (Å²) >= 11 is 3.01. The summed E-state index contributed by atoms with van der Waals surface area (Å²) in [5, 5.41) is 12.4. The lowest BCUT2D eigenvalue weighted by Crippen LogP contribution is -2.42. The normalized spacial score (nSPS) is 18.8. The first-order valence-corrected chi connectivity index (χ1v) is 10.2. The Balaban J connectivity index is 1.52. The number of morpholine rings is 1. The van der Waals surface area contributed by atoms with E-state index in [0.29, 0.717) is 32.3 Å². The van der Waals surface area contributed by atoms with E-state index in [0.717, 1.165) is 15.0 Å². The first kappa shape index (κ1) is 16.8. The Hall–Kier alpha value is -1.64. The molecule has 1 saturated heterocycles. The number of hydrogen-bond donors (Lipinski definition) is 1. The van der Waals surface area contributed by atoms with Crippen molar-refractivity contribution < 1.29 is 9.53 Å². The van der Waals surface area contributed by atoms with Crippen LogP contribution in [0.2, 0.25) is 0 Å². The number of benzene rings is 1. The number of carbonyl (C=O) groups is 1. The fourth-order valence-electron chi connectivity index (χ4n) is 2.66. The van der Waals surface area contributed by atoms with Gasteiger partial charge in [0.2, 0.25) is 11.0 Å². The van der Waals surface area contributed by atoms with Gasteiger partial charge in [0.15, 0.2) is 4.34 Å². The Bertz CT molecular complexity index is 714. The van der Waals surface area contributed by atoms with E-state index in [1.54, 1.807) is 0 Å². The van der Waals surface area contributed by atoms with E-state index in [9.17, 15) is 4.79 Å². The zero-order chi connectivity index (χ0) is 17.1. The molecule has 1 atom stereocenters. The minimum Gasteiger partial charge on any atom is -0.378 e. The van der Waals surface area contributed by atoms with Crippen molar-refractivity contribution >= 4 is 34.1 Å². The molecule has 0 radical (unpaired) electrons. The van der Waals surface area contributed by atoms with Gasteiger partial charge in [-0.3, -0.25) is 4.79 Å². The van der Waals surface area contributed by atoms with E-state index < -0.39 is 0 Å². The molecule has 6 nitrogen and oxygen atoms in total. The number of aromatic nitrogens is 2. The third-order valence-electron chi connectivity index (χ3n) is 4.18. The second-order valence-corrected chi connectivity index (χ2v) is 8.47. The fraction of sp³-hybridized carbons (Fsp3) is 0.471. The number of nitrogens with one attached hydrogen (secondary N) is 1. The van der Waals surface area contributed by atoms with Crippen LogP contribution in [0.25, 0.3) is 0 Å². The molecular weight excluding hydrogens is 356 g/mol. The lowest BCUT2D eigenvalue weighted by Gasteiger charge is -2.30. The van der Waals surface area contributed by atoms with Crippen LogP contribution in [0.15, 0.2) is 34.7 Å². The van der Waals surface area contributed by atoms with Crippen LogP contribution in [0, 0.1) is 0 Å². The van der Waals surface area contributed by atoms with E-state index in [2.05, 4.69) is 15.5 Å². The molecule has 1 saturated carbocycles. The molecule has 132 valence electrons. The Kier molecular flexibility index (Phi) is 5.19. The van der Waals surface area contributed by atoms with Crippen LogP contribution in [-0.2, 0) is 9.53 Å². The quantitative estimate of drug-likeness (QED) is 0.782. The molecule has 2 aliphatic rings. The van der Waals surface area contributed by atoms with Crippen molar-refractivity contribution in [1.82, 2.24) is 15.1 Å². The van der Waals surface area contributed by atoms with Crippen molar-refractivity contribution in [1.29, 1.82) is 0 Å². The summed E-state index contributed by atoms with van der Waals surface area (Å²) in [4.78, 5) is 15.0. The predicted molar refractivity (Wildman–Crippen MR) is 99.0 cm³/mol. The molecule has 1 aromatic carbocycles. The van der Waals surface area contributed by atoms with Crippen molar-refractivity contribution in [2.45, 2.75) is 28.5 Å². The van der Waals surface area contributed by atoms with Crippen molar-refractivity contribution in [3.63, 3.8) is 0 Å². The highest BCUT2D eigenvalue weighted by Crippen LogP contribution is 2.39. The summed E-state index contributed by atoms with van der Waals surface area (Å²) in [6.07, 6.45) is 2.40. The topological polar surface area (TPSA) is 67.4 Å². The molecule has 2 aromatic rings. The average Bonchev–Trinajstić information content (AvgIpc) is 3.37. The summed E-state index contributed by atoms with van der Waals surface area (Å²) in [6.45, 7) is 2.50. The molecule has 1 aliphatic heterocycles. The molecule has 2 fully saturated rings. The van der Waals surface area contributed by atoms with Gasteiger partial charge in [-0.05, 0) is 18.4 Å². The molecule has 8 heteroatoms. The lowest BCUT2D eigenvalue weighted by atomic mass is 10.1. The standard InChI is InChI=1S/C17H20N4O2S2/c22-15(21-8-10-23-11-9-21)14(12-4-2-1-3-5-12)24-17-20-19-16(25-17)18-13-6-7-13/h1-5,13-14H,6-11H2,(H,18,19). The summed E-state index contributed by atoms with van der Waals surface area (Å²) < 4.78 is 6.19. The Morgan fingerprint density at radius 3 is 2.72 bits per heavy atom. The molecule has 25 heavy (non-hydrogen) atoms. The van der Waals surface area contributed by atoms with Crippen molar-refractivity contribution in [2.75, 3.05) is 31.6 Å². The maximum Gasteiger partial charge on any atom is 0.240 e. The van der Waals surface area contributed by atoms with Gasteiger partial charge in [0.25, 0.3) is 0 Å². The minimum absolute atomic E-state index is 0.117. The Morgan fingerprint density at radius 1 is 1.24 bits per heavy atom. The van der Waals surface area contributed by atoms with E-state index in [1.807, 2.05) is 35.2 Å². The van der Waals surface area contributed by atoms with E-state index in [4.69, 9.17) is 4.74 Å². The molecule has 4 rings (SSSR count). The molecule has 0 spiro atoms. The fourth-order valence-corrected chi connectivity index (χ4v) is 4.76. The maximum absolute atomic E-state index is 13.1. The largest absolute Gasteiger partial charge is 0.378 e. The molecular formula is C17H20N4O2S2. The van der Waals surface area contributed by atoms with Gasteiger partial charge in [-0.25, -0.2) is 0 Å². The number of carbonyl (C=O) groups excluding carboxylic acids is 1. The van der Waals surface area contributed by atoms with Crippen LogP contribution in [0.1, 0.15) is 23.7 Å². The number of anilines is 1. The van der Waals surface area contributed by atoms with Gasteiger partial charge in [0, 0.05) is 19.1 Å². The average molecular weight is 377 g/mol. The van der Waals surface area contributed by atoms with E-state index >= 15 is 0 Å². The molecule has 2 heterocycles. The Labute approximate surface area is 155 Å². The van der Waals surface area contributed by atoms with Crippen LogP contribution < -0.4 is 5.32 Å². The summed E-state index contributed by atoms with van der Waals surface area (Å²) in [7, 11) is 0. The van der Waals surface area contributed by atoms with Gasteiger partial charge in [0.1, 0.15) is 5.25 Å². The van der Waals surface area contributed by atoms with Crippen LogP contribution in [0.4, 0.5) is 5.13 Å². The molecule has 1 aliphatic carbocycles. The minimum atomic E-state index is -0.305. The van der Waals surface area contributed by atoms with Crippen LogP contribution >= 0.6 is 23.1 Å². The predicted octanol–water partition coefficient (Wildman–Crippen LogP) is 2.80. The number of hydrogen-bond acceptors (Lipinski definition) is 7. The zero-order valence-corrected chi connectivity index (χ0v) is 15.4. The first-order chi connectivity index (χ1) is 12.3. The van der Waals surface area contributed by atoms with Crippen LogP contribution in [-0.4, -0.2) is 53.3 Å². The van der Waals surface area contributed by atoms with Gasteiger partial charge in [0.05, 0.1) is 13.2 Å². The van der Waals surface area contributed by atoms with Gasteiger partial charge in [-0.15, -0.1) is 10.2 Å². The van der Waals surface area contributed by atoms with Crippen LogP contribution in [0.3, 0.4) is 0 Å². The highest BCUT2D eigenvalue weighted by Gasteiger charge is 2.30. The third kappa shape index (κ3) is 4.31. The monoisotopic (exact) mass is 376 g/mol. The number of nitrogens with zero attached hydrogens (tertiary/aromatic N) is 3.